The fourth-order valence-electron chi connectivity index (χ4n) is 0.937. The van der Waals surface area contributed by atoms with Crippen molar-refractivity contribution in [2.75, 3.05) is 6.54 Å². The molecule has 0 bridgehead atoms. The number of aromatic nitrogens is 2. The molecule has 4 nitrogen and oxygen atoms in total. The molecule has 4 N–H and O–H groups in total. The molecule has 1 aromatic heterocycles. The zero-order chi connectivity index (χ0) is 8.43. The number of rotatable bonds is 2. The predicted molar refractivity (Wildman–Crippen MR) is 46.9 cm³/mol. The first-order valence-corrected chi connectivity index (χ1v) is 4.08. The summed E-state index contributed by atoms with van der Waals surface area (Å²) in [4.78, 5) is 4.03. The molecule has 11 heavy (non-hydrogen) atoms. The van der Waals surface area contributed by atoms with Crippen molar-refractivity contribution < 1.29 is 0 Å². The van der Waals surface area contributed by atoms with Gasteiger partial charge in [0.05, 0.1) is 18.1 Å². The van der Waals surface area contributed by atoms with Crippen LogP contribution in [0.4, 0.5) is 0 Å². The molecule has 0 aliphatic heterocycles. The van der Waals surface area contributed by atoms with Gasteiger partial charge in [-0.25, -0.2) is 4.98 Å². The molecule has 1 unspecified atom stereocenters. The SMILES string of the molecule is Cn1cnc(Br)c1C(N)CN. The maximum Gasteiger partial charge on any atom is 0.128 e. The lowest BCUT2D eigenvalue weighted by Crippen LogP contribution is -2.23. The van der Waals surface area contributed by atoms with Crippen LogP contribution in [0.2, 0.25) is 0 Å². The lowest BCUT2D eigenvalue weighted by Gasteiger charge is -2.09. The molecule has 0 saturated heterocycles. The van der Waals surface area contributed by atoms with Gasteiger partial charge in [0.1, 0.15) is 4.60 Å². The van der Waals surface area contributed by atoms with Crippen molar-refractivity contribution in [2.45, 2.75) is 6.04 Å². The van der Waals surface area contributed by atoms with Crippen molar-refractivity contribution in [3.05, 3.63) is 16.6 Å². The van der Waals surface area contributed by atoms with Crippen molar-refractivity contribution in [1.82, 2.24) is 9.55 Å². The zero-order valence-electron chi connectivity index (χ0n) is 6.29. The fraction of sp³-hybridized carbons (Fsp3) is 0.500. The van der Waals surface area contributed by atoms with Gasteiger partial charge in [-0.3, -0.25) is 0 Å². The van der Waals surface area contributed by atoms with Crippen LogP contribution in [0.15, 0.2) is 10.9 Å². The molecule has 0 amide bonds. The van der Waals surface area contributed by atoms with Crippen molar-refractivity contribution in [3.63, 3.8) is 0 Å². The van der Waals surface area contributed by atoms with Crippen LogP contribution < -0.4 is 11.5 Å². The van der Waals surface area contributed by atoms with E-state index in [-0.39, 0.29) is 6.04 Å². The van der Waals surface area contributed by atoms with E-state index in [0.717, 1.165) is 10.3 Å². The second-order valence-corrected chi connectivity index (χ2v) is 3.12. The van der Waals surface area contributed by atoms with Crippen LogP contribution in [0.3, 0.4) is 0 Å². The second-order valence-electron chi connectivity index (χ2n) is 2.37. The van der Waals surface area contributed by atoms with Gasteiger partial charge in [-0.15, -0.1) is 0 Å². The summed E-state index contributed by atoms with van der Waals surface area (Å²) in [7, 11) is 1.89. The minimum Gasteiger partial charge on any atom is -0.335 e. The summed E-state index contributed by atoms with van der Waals surface area (Å²) in [5, 5.41) is 0. The average Bonchev–Trinajstić information content (AvgIpc) is 2.30. The Balaban J connectivity index is 3.00. The number of aryl methyl sites for hydroxylation is 1. The molecule has 0 aliphatic rings. The molecule has 5 heteroatoms. The van der Waals surface area contributed by atoms with E-state index in [1.54, 1.807) is 6.33 Å². The molecule has 62 valence electrons. The molecule has 1 aromatic rings. The van der Waals surface area contributed by atoms with E-state index in [2.05, 4.69) is 20.9 Å². The summed E-state index contributed by atoms with van der Waals surface area (Å²) in [5.74, 6) is 0. The van der Waals surface area contributed by atoms with Gasteiger partial charge in [0.2, 0.25) is 0 Å². The molecule has 0 radical (unpaired) electrons. The highest BCUT2D eigenvalue weighted by Crippen LogP contribution is 2.18. The Morgan fingerprint density at radius 3 is 2.82 bits per heavy atom. The Morgan fingerprint density at radius 1 is 1.82 bits per heavy atom. The number of hydrogen-bond acceptors (Lipinski definition) is 3. The van der Waals surface area contributed by atoms with Crippen LogP contribution in [0.1, 0.15) is 11.7 Å². The maximum absolute atomic E-state index is 5.72. The van der Waals surface area contributed by atoms with E-state index in [1.165, 1.54) is 0 Å². The number of nitrogens with zero attached hydrogens (tertiary/aromatic N) is 2. The molecule has 0 aromatic carbocycles. The molecular formula is C6H11BrN4. The van der Waals surface area contributed by atoms with E-state index in [0.29, 0.717) is 6.54 Å². The molecule has 0 aliphatic carbocycles. The monoisotopic (exact) mass is 218 g/mol. The predicted octanol–water partition coefficient (Wildman–Crippen LogP) is 0.141. The van der Waals surface area contributed by atoms with E-state index < -0.39 is 0 Å². The summed E-state index contributed by atoms with van der Waals surface area (Å²) >= 11 is 3.29. The third-order valence-electron chi connectivity index (χ3n) is 1.54. The third-order valence-corrected chi connectivity index (χ3v) is 2.15. The number of nitrogens with two attached hydrogens (primary N) is 2. The zero-order valence-corrected chi connectivity index (χ0v) is 7.87. The highest BCUT2D eigenvalue weighted by atomic mass is 79.9. The van der Waals surface area contributed by atoms with Gasteiger partial charge in [0.25, 0.3) is 0 Å². The quantitative estimate of drug-likeness (QED) is 0.743. The first kappa shape index (κ1) is 8.70. The van der Waals surface area contributed by atoms with Gasteiger partial charge >= 0.3 is 0 Å². The molecule has 1 rings (SSSR count). The van der Waals surface area contributed by atoms with Crippen LogP contribution in [-0.4, -0.2) is 16.1 Å². The van der Waals surface area contributed by atoms with Crippen LogP contribution >= 0.6 is 15.9 Å². The molecule has 0 spiro atoms. The van der Waals surface area contributed by atoms with E-state index in [4.69, 9.17) is 11.5 Å². The van der Waals surface area contributed by atoms with Gasteiger partial charge in [0, 0.05) is 13.6 Å². The lowest BCUT2D eigenvalue weighted by atomic mass is 10.2. The third kappa shape index (κ3) is 1.61. The molecule has 1 heterocycles. The first-order chi connectivity index (χ1) is 5.16. The van der Waals surface area contributed by atoms with E-state index >= 15 is 0 Å². The number of hydrogen-bond donors (Lipinski definition) is 2. The van der Waals surface area contributed by atoms with Gasteiger partial charge < -0.3 is 16.0 Å². The Morgan fingerprint density at radius 2 is 2.45 bits per heavy atom. The Hall–Kier alpha value is -0.390. The van der Waals surface area contributed by atoms with Crippen molar-refractivity contribution in [3.8, 4) is 0 Å². The van der Waals surface area contributed by atoms with Gasteiger partial charge in [-0.2, -0.15) is 0 Å². The first-order valence-electron chi connectivity index (χ1n) is 3.29. The lowest BCUT2D eigenvalue weighted by molar-refractivity contribution is 0.664. The van der Waals surface area contributed by atoms with Gasteiger partial charge in [-0.1, -0.05) is 0 Å². The van der Waals surface area contributed by atoms with Gasteiger partial charge in [0.15, 0.2) is 0 Å². The van der Waals surface area contributed by atoms with Crippen LogP contribution in [0.5, 0.6) is 0 Å². The van der Waals surface area contributed by atoms with E-state index in [9.17, 15) is 0 Å². The Labute approximate surface area is 73.7 Å². The summed E-state index contributed by atoms with van der Waals surface area (Å²) in [6.45, 7) is 0.429. The number of imidazole rings is 1. The van der Waals surface area contributed by atoms with E-state index in [1.807, 2.05) is 11.6 Å². The van der Waals surface area contributed by atoms with Gasteiger partial charge in [-0.05, 0) is 15.9 Å². The normalized spacial score (nSPS) is 13.5. The fourth-order valence-corrected chi connectivity index (χ4v) is 1.60. The largest absolute Gasteiger partial charge is 0.335 e. The summed E-state index contributed by atoms with van der Waals surface area (Å²) < 4.78 is 2.64. The molecule has 0 saturated carbocycles. The highest BCUT2D eigenvalue weighted by molar-refractivity contribution is 9.10. The minimum absolute atomic E-state index is 0.142. The smallest absolute Gasteiger partial charge is 0.128 e. The second kappa shape index (κ2) is 3.34. The minimum atomic E-state index is -0.142. The molecule has 1 atom stereocenters. The van der Waals surface area contributed by atoms with Crippen LogP contribution in [0.25, 0.3) is 0 Å². The van der Waals surface area contributed by atoms with Crippen molar-refractivity contribution >= 4 is 15.9 Å². The average molecular weight is 219 g/mol. The van der Waals surface area contributed by atoms with Crippen LogP contribution in [-0.2, 0) is 7.05 Å². The Bertz CT molecular complexity index is 225. The standard InChI is InChI=1S/C6H11BrN4/c1-11-3-10-6(7)5(11)4(9)2-8/h3-4H,2,8-9H2,1H3. The summed E-state index contributed by atoms with van der Waals surface area (Å²) in [6, 6.07) is -0.142. The topological polar surface area (TPSA) is 69.9 Å². The summed E-state index contributed by atoms with van der Waals surface area (Å²) in [5.41, 5.74) is 12.1. The highest BCUT2D eigenvalue weighted by Gasteiger charge is 2.12. The Kier molecular flexibility index (Phi) is 2.64. The number of halogens is 1. The maximum atomic E-state index is 5.72. The van der Waals surface area contributed by atoms with Crippen molar-refractivity contribution in [1.29, 1.82) is 0 Å². The summed E-state index contributed by atoms with van der Waals surface area (Å²) in [6.07, 6.45) is 1.70. The molecular weight excluding hydrogens is 208 g/mol. The van der Waals surface area contributed by atoms with Crippen molar-refractivity contribution in [2.24, 2.45) is 18.5 Å². The molecule has 0 fully saturated rings. The van der Waals surface area contributed by atoms with Crippen LogP contribution in [0, 0.1) is 0 Å².